The minimum absolute atomic E-state index is 0.0323. The summed E-state index contributed by atoms with van der Waals surface area (Å²) in [5, 5.41) is 30.7. The molecule has 0 aromatic heterocycles. The fraction of sp³-hybridized carbons (Fsp3) is 0.185. The van der Waals surface area contributed by atoms with E-state index in [0.29, 0.717) is 11.3 Å². The van der Waals surface area contributed by atoms with Crippen molar-refractivity contribution in [3.63, 3.8) is 0 Å². The largest absolute Gasteiger partial charge is 0.505 e. The van der Waals surface area contributed by atoms with E-state index in [0.717, 1.165) is 29.4 Å². The van der Waals surface area contributed by atoms with E-state index in [1.807, 2.05) is 19.1 Å². The standard InChI is InChI=1S/C27H28N6O10S3/c1-15-4-5-19(29-3)14-21(15)31-32-25-16(2)12-17-13-22(45(37,38)39)26(24(28)23(17)27(25)34)33-30-18-6-8-20(9-7-18)44(35,36)11-10-43-46(40,41)42/h4-9,12-14,29,34H,10-11,28H2,1-3H3,(H,37,38,39)(H,40,41,42). The summed E-state index contributed by atoms with van der Waals surface area (Å²) in [5.41, 5.74) is 8.09. The lowest BCUT2D eigenvalue weighted by molar-refractivity contribution is 0.284. The molecule has 0 radical (unpaired) electrons. The molecule has 16 nitrogen and oxygen atoms in total. The molecule has 4 rings (SSSR count). The first-order valence-corrected chi connectivity index (χ1v) is 17.5. The summed E-state index contributed by atoms with van der Waals surface area (Å²) in [6, 6.07) is 12.7. The molecule has 0 atom stereocenters. The van der Waals surface area contributed by atoms with Gasteiger partial charge < -0.3 is 16.2 Å². The number of anilines is 2. The van der Waals surface area contributed by atoms with Gasteiger partial charge in [0.1, 0.15) is 16.3 Å². The molecule has 0 amide bonds. The first kappa shape index (κ1) is 34.3. The van der Waals surface area contributed by atoms with E-state index >= 15 is 0 Å². The summed E-state index contributed by atoms with van der Waals surface area (Å²) in [7, 11) is -12.0. The number of nitrogens with zero attached hydrogens (tertiary/aromatic N) is 4. The predicted molar refractivity (Wildman–Crippen MR) is 170 cm³/mol. The molecule has 0 aliphatic rings. The fourth-order valence-electron chi connectivity index (χ4n) is 4.27. The molecule has 4 aromatic carbocycles. The van der Waals surface area contributed by atoms with Gasteiger partial charge in [-0.3, -0.25) is 9.11 Å². The van der Waals surface area contributed by atoms with Gasteiger partial charge in [0.25, 0.3) is 10.1 Å². The zero-order valence-electron chi connectivity index (χ0n) is 24.4. The number of hydrogen-bond acceptors (Lipinski definition) is 14. The van der Waals surface area contributed by atoms with Crippen molar-refractivity contribution in [2.75, 3.05) is 30.5 Å². The maximum atomic E-state index is 12.4. The lowest BCUT2D eigenvalue weighted by Gasteiger charge is -2.13. The average Bonchev–Trinajstić information content (AvgIpc) is 2.96. The average molecular weight is 693 g/mol. The summed E-state index contributed by atoms with van der Waals surface area (Å²) < 4.78 is 93.4. The third-order valence-electron chi connectivity index (χ3n) is 6.62. The highest BCUT2D eigenvalue weighted by atomic mass is 32.3. The molecule has 0 saturated carbocycles. The van der Waals surface area contributed by atoms with Gasteiger partial charge in [-0.25, -0.2) is 12.6 Å². The number of phenolic OH excluding ortho intramolecular Hbond substituents is 1. The van der Waals surface area contributed by atoms with Crippen LogP contribution in [0.15, 0.2) is 84.8 Å². The normalized spacial score (nSPS) is 12.8. The van der Waals surface area contributed by atoms with E-state index in [2.05, 4.69) is 30.0 Å². The Labute approximate surface area is 264 Å². The molecule has 0 aliphatic carbocycles. The van der Waals surface area contributed by atoms with Crippen LogP contribution in [-0.4, -0.2) is 58.9 Å². The predicted octanol–water partition coefficient (Wildman–Crippen LogP) is 5.46. The van der Waals surface area contributed by atoms with Crippen molar-refractivity contribution in [3.05, 3.63) is 65.7 Å². The highest BCUT2D eigenvalue weighted by molar-refractivity contribution is 7.91. The van der Waals surface area contributed by atoms with Crippen molar-refractivity contribution in [2.24, 2.45) is 20.5 Å². The number of hydrogen-bond donors (Lipinski definition) is 5. The molecule has 244 valence electrons. The lowest BCUT2D eigenvalue weighted by Crippen LogP contribution is -2.15. The van der Waals surface area contributed by atoms with Crippen LogP contribution < -0.4 is 11.1 Å². The second-order valence-electron chi connectivity index (χ2n) is 9.81. The minimum atomic E-state index is -4.91. The molecule has 0 fully saturated rings. The van der Waals surface area contributed by atoms with E-state index in [1.54, 1.807) is 20.0 Å². The van der Waals surface area contributed by atoms with Gasteiger partial charge in [0.2, 0.25) is 0 Å². The molecule has 19 heteroatoms. The number of aryl methyl sites for hydroxylation is 2. The number of benzene rings is 4. The molecule has 0 bridgehead atoms. The Morgan fingerprint density at radius 1 is 0.826 bits per heavy atom. The number of sulfone groups is 1. The number of nitrogen functional groups attached to an aromatic ring is 1. The molecule has 6 N–H and O–H groups in total. The van der Waals surface area contributed by atoms with Crippen LogP contribution in [0.2, 0.25) is 0 Å². The topological polar surface area (TPSA) is 260 Å². The molecule has 0 unspecified atom stereocenters. The molecule has 0 saturated heterocycles. The van der Waals surface area contributed by atoms with Gasteiger partial charge in [-0.15, -0.1) is 10.2 Å². The second kappa shape index (κ2) is 13.1. The van der Waals surface area contributed by atoms with Crippen molar-refractivity contribution in [3.8, 4) is 5.75 Å². The van der Waals surface area contributed by atoms with Gasteiger partial charge in [-0.2, -0.15) is 27.1 Å². The van der Waals surface area contributed by atoms with Crippen LogP contribution in [-0.2, 0) is 34.5 Å². The summed E-state index contributed by atoms with van der Waals surface area (Å²) in [6.07, 6.45) is 0. The van der Waals surface area contributed by atoms with E-state index in [4.69, 9.17) is 10.3 Å². The summed E-state index contributed by atoms with van der Waals surface area (Å²) in [4.78, 5) is -0.934. The van der Waals surface area contributed by atoms with Crippen LogP contribution in [0.1, 0.15) is 11.1 Å². The molecular formula is C27H28N6O10S3. The van der Waals surface area contributed by atoms with Crippen LogP contribution in [0, 0.1) is 13.8 Å². The van der Waals surface area contributed by atoms with Gasteiger partial charge in [0.15, 0.2) is 15.6 Å². The molecule has 46 heavy (non-hydrogen) atoms. The van der Waals surface area contributed by atoms with Gasteiger partial charge in [-0.1, -0.05) is 6.07 Å². The van der Waals surface area contributed by atoms with E-state index in [9.17, 15) is 34.9 Å². The number of aromatic hydroxyl groups is 1. The Hall–Kier alpha value is -4.53. The van der Waals surface area contributed by atoms with Gasteiger partial charge in [0, 0.05) is 12.7 Å². The van der Waals surface area contributed by atoms with Crippen molar-refractivity contribution < 1.29 is 43.6 Å². The van der Waals surface area contributed by atoms with Crippen molar-refractivity contribution in [1.29, 1.82) is 0 Å². The van der Waals surface area contributed by atoms with Gasteiger partial charge in [0.05, 0.1) is 39.7 Å². The first-order chi connectivity index (χ1) is 21.4. The first-order valence-electron chi connectivity index (χ1n) is 13.0. The summed E-state index contributed by atoms with van der Waals surface area (Å²) in [5.74, 6) is -1.18. The van der Waals surface area contributed by atoms with Crippen LogP contribution in [0.5, 0.6) is 5.75 Å². The molecular weight excluding hydrogens is 665 g/mol. The second-order valence-corrected chi connectivity index (χ2v) is 14.4. The SMILES string of the molecule is CNc1ccc(C)c(N=Nc2c(C)cc3cc(S(=O)(=O)O)c(N=Nc4ccc(S(=O)(=O)CCOS(=O)(=O)O)cc4)c(N)c3c2O)c1. The van der Waals surface area contributed by atoms with E-state index < -0.39 is 59.0 Å². The number of azo groups is 2. The van der Waals surface area contributed by atoms with Crippen molar-refractivity contribution in [2.45, 2.75) is 23.6 Å². The van der Waals surface area contributed by atoms with Crippen LogP contribution in [0.25, 0.3) is 10.8 Å². The highest BCUT2D eigenvalue weighted by Gasteiger charge is 2.24. The van der Waals surface area contributed by atoms with Crippen molar-refractivity contribution in [1.82, 2.24) is 0 Å². The number of rotatable bonds is 11. The molecule has 0 aliphatic heterocycles. The van der Waals surface area contributed by atoms with Crippen LogP contribution in [0.3, 0.4) is 0 Å². The number of phenols is 1. The number of nitrogens with two attached hydrogens (primary N) is 1. The Morgan fingerprint density at radius 3 is 2.09 bits per heavy atom. The molecule has 0 spiro atoms. The monoisotopic (exact) mass is 692 g/mol. The van der Waals surface area contributed by atoms with Crippen LogP contribution >= 0.6 is 0 Å². The third kappa shape index (κ3) is 7.81. The minimum Gasteiger partial charge on any atom is -0.505 e. The quantitative estimate of drug-likeness (QED) is 0.0746. The lowest BCUT2D eigenvalue weighted by atomic mass is 10.0. The zero-order valence-corrected chi connectivity index (χ0v) is 26.9. The number of nitrogens with one attached hydrogen (secondary N) is 1. The van der Waals surface area contributed by atoms with Crippen molar-refractivity contribution >= 4 is 75.3 Å². The van der Waals surface area contributed by atoms with Gasteiger partial charge >= 0.3 is 10.4 Å². The smallest absolute Gasteiger partial charge is 0.397 e. The molecule has 4 aromatic rings. The Kier molecular flexibility index (Phi) is 9.75. The maximum Gasteiger partial charge on any atom is 0.397 e. The molecule has 0 heterocycles. The number of fused-ring (bicyclic) bond motifs is 1. The fourth-order valence-corrected chi connectivity index (χ4v) is 6.43. The summed E-state index contributed by atoms with van der Waals surface area (Å²) in [6.45, 7) is 2.63. The van der Waals surface area contributed by atoms with E-state index in [-0.39, 0.29) is 32.7 Å². The van der Waals surface area contributed by atoms with E-state index in [1.165, 1.54) is 18.2 Å². The highest BCUT2D eigenvalue weighted by Crippen LogP contribution is 2.47. The Balaban J connectivity index is 1.75. The Morgan fingerprint density at radius 2 is 1.48 bits per heavy atom. The van der Waals surface area contributed by atoms with Gasteiger partial charge in [-0.05, 0) is 78.9 Å². The van der Waals surface area contributed by atoms with Crippen LogP contribution in [0.4, 0.5) is 34.1 Å². The summed E-state index contributed by atoms with van der Waals surface area (Å²) >= 11 is 0. The maximum absolute atomic E-state index is 12.4. The zero-order chi connectivity index (χ0) is 34.0. The third-order valence-corrected chi connectivity index (χ3v) is 9.64. The Bertz CT molecular complexity index is 2220.